The molecular weight excluding hydrogens is 265 g/mol. The van der Waals surface area contributed by atoms with Gasteiger partial charge in [-0.15, -0.1) is 0 Å². The van der Waals surface area contributed by atoms with Crippen LogP contribution in [0.25, 0.3) is 16.5 Å². The molecule has 0 aliphatic heterocycles. The molecule has 1 aromatic carbocycles. The van der Waals surface area contributed by atoms with E-state index in [1.807, 2.05) is 18.2 Å². The Labute approximate surface area is 95.1 Å². The Kier molecular flexibility index (Phi) is 4.53. The van der Waals surface area contributed by atoms with E-state index in [0.717, 1.165) is 10.0 Å². The fourth-order valence-electron chi connectivity index (χ4n) is 0.888. The first kappa shape index (κ1) is 11.1. The highest BCUT2D eigenvalue weighted by molar-refractivity contribution is 9.10. The van der Waals surface area contributed by atoms with E-state index >= 15 is 0 Å². The minimum Gasteiger partial charge on any atom is -0.0899 e. The van der Waals surface area contributed by atoms with Crippen molar-refractivity contribution in [2.24, 2.45) is 5.11 Å². The van der Waals surface area contributed by atoms with Crippen LogP contribution in [0.15, 0.2) is 33.9 Å². The lowest BCUT2D eigenvalue weighted by Gasteiger charge is -1.96. The monoisotopic (exact) mass is 271 g/mol. The fraction of sp³-hybridized carbons (Fsp3) is 0.111. The molecule has 0 amide bonds. The minimum atomic E-state index is 0.358. The van der Waals surface area contributed by atoms with Crippen molar-refractivity contribution in [3.63, 3.8) is 0 Å². The maximum absolute atomic E-state index is 8.04. The van der Waals surface area contributed by atoms with Crippen molar-refractivity contribution in [1.29, 1.82) is 0 Å². The van der Waals surface area contributed by atoms with E-state index in [2.05, 4.69) is 26.0 Å². The summed E-state index contributed by atoms with van der Waals surface area (Å²) in [5, 5.41) is 4.06. The van der Waals surface area contributed by atoms with Crippen molar-refractivity contribution in [3.8, 4) is 0 Å². The number of rotatable bonds is 3. The van der Waals surface area contributed by atoms with Crippen LogP contribution in [0.5, 0.6) is 0 Å². The lowest BCUT2D eigenvalue weighted by Crippen LogP contribution is -1.75. The Morgan fingerprint density at radius 3 is 3.00 bits per heavy atom. The van der Waals surface area contributed by atoms with Gasteiger partial charge in [0.2, 0.25) is 0 Å². The number of azide groups is 1. The maximum Gasteiger partial charge on any atom is 0.0548 e. The molecule has 5 heteroatoms. The molecule has 0 aromatic heterocycles. The Hall–Kier alpha value is -0.960. The SMILES string of the molecule is [N-]=[N+]=NCC=Cc1ccc(Cl)c(Br)c1. The third kappa shape index (κ3) is 3.42. The van der Waals surface area contributed by atoms with Crippen molar-refractivity contribution in [2.75, 3.05) is 6.54 Å². The van der Waals surface area contributed by atoms with Gasteiger partial charge < -0.3 is 0 Å². The van der Waals surface area contributed by atoms with Crippen LogP contribution in [-0.2, 0) is 0 Å². The molecule has 72 valence electrons. The molecular formula is C9H7BrClN3. The number of nitrogens with zero attached hydrogens (tertiary/aromatic N) is 3. The summed E-state index contributed by atoms with van der Waals surface area (Å²) in [5.74, 6) is 0. The lowest BCUT2D eigenvalue weighted by atomic mass is 10.2. The predicted octanol–water partition coefficient (Wildman–Crippen LogP) is 4.43. The number of hydrogen-bond donors (Lipinski definition) is 0. The van der Waals surface area contributed by atoms with E-state index in [9.17, 15) is 0 Å². The maximum atomic E-state index is 8.04. The molecule has 0 N–H and O–H groups in total. The van der Waals surface area contributed by atoms with Gasteiger partial charge >= 0.3 is 0 Å². The van der Waals surface area contributed by atoms with Gasteiger partial charge in [0.25, 0.3) is 0 Å². The smallest absolute Gasteiger partial charge is 0.0548 e. The predicted molar refractivity (Wildman–Crippen MR) is 62.2 cm³/mol. The van der Waals surface area contributed by atoms with E-state index in [0.29, 0.717) is 11.6 Å². The highest BCUT2D eigenvalue weighted by Gasteiger charge is 1.95. The van der Waals surface area contributed by atoms with Gasteiger partial charge in [0.05, 0.1) is 5.02 Å². The van der Waals surface area contributed by atoms with Crippen LogP contribution in [0.1, 0.15) is 5.56 Å². The second-order valence-corrected chi connectivity index (χ2v) is 3.75. The molecule has 0 fully saturated rings. The van der Waals surface area contributed by atoms with Crippen LogP contribution in [0.2, 0.25) is 5.02 Å². The fourth-order valence-corrected chi connectivity index (χ4v) is 1.40. The Balaban J connectivity index is 2.72. The molecule has 14 heavy (non-hydrogen) atoms. The van der Waals surface area contributed by atoms with Gasteiger partial charge in [-0.05, 0) is 39.2 Å². The summed E-state index contributed by atoms with van der Waals surface area (Å²) in [7, 11) is 0. The van der Waals surface area contributed by atoms with Crippen LogP contribution in [-0.4, -0.2) is 6.54 Å². The van der Waals surface area contributed by atoms with Gasteiger partial charge in [-0.25, -0.2) is 0 Å². The van der Waals surface area contributed by atoms with Gasteiger partial charge in [-0.1, -0.05) is 34.9 Å². The summed E-state index contributed by atoms with van der Waals surface area (Å²) in [4.78, 5) is 2.64. The average molecular weight is 273 g/mol. The summed E-state index contributed by atoms with van der Waals surface area (Å²) in [6, 6.07) is 5.59. The second kappa shape index (κ2) is 5.70. The van der Waals surface area contributed by atoms with Crippen molar-refractivity contribution in [2.45, 2.75) is 0 Å². The van der Waals surface area contributed by atoms with Crippen LogP contribution in [0.4, 0.5) is 0 Å². The summed E-state index contributed by atoms with van der Waals surface area (Å²) in [6.45, 7) is 0.358. The molecule has 1 aromatic rings. The van der Waals surface area contributed by atoms with E-state index in [1.165, 1.54) is 0 Å². The highest BCUT2D eigenvalue weighted by atomic mass is 79.9. The minimum absolute atomic E-state index is 0.358. The molecule has 3 nitrogen and oxygen atoms in total. The summed E-state index contributed by atoms with van der Waals surface area (Å²) in [6.07, 6.45) is 3.66. The van der Waals surface area contributed by atoms with E-state index < -0.39 is 0 Å². The summed E-state index contributed by atoms with van der Waals surface area (Å²) in [5.41, 5.74) is 9.05. The summed E-state index contributed by atoms with van der Waals surface area (Å²) >= 11 is 9.15. The third-order valence-corrected chi connectivity index (χ3v) is 2.72. The Bertz CT molecular complexity index is 397. The first-order chi connectivity index (χ1) is 6.74. The first-order valence-corrected chi connectivity index (χ1v) is 5.03. The molecule has 1 rings (SSSR count). The number of benzene rings is 1. The molecule has 0 saturated heterocycles. The van der Waals surface area contributed by atoms with Crippen LogP contribution in [0.3, 0.4) is 0 Å². The van der Waals surface area contributed by atoms with E-state index in [1.54, 1.807) is 12.1 Å². The van der Waals surface area contributed by atoms with Gasteiger partial charge in [0.1, 0.15) is 0 Å². The molecule has 0 aliphatic rings. The van der Waals surface area contributed by atoms with Crippen LogP contribution >= 0.6 is 27.5 Å². The highest BCUT2D eigenvalue weighted by Crippen LogP contribution is 2.23. The number of halogens is 2. The molecule has 0 bridgehead atoms. The Morgan fingerprint density at radius 2 is 2.36 bits per heavy atom. The van der Waals surface area contributed by atoms with Crippen molar-refractivity contribution in [3.05, 3.63) is 49.8 Å². The molecule has 0 heterocycles. The van der Waals surface area contributed by atoms with Crippen molar-refractivity contribution >= 4 is 33.6 Å². The normalized spacial score (nSPS) is 10.1. The Morgan fingerprint density at radius 1 is 1.57 bits per heavy atom. The zero-order chi connectivity index (χ0) is 10.4. The van der Waals surface area contributed by atoms with Crippen molar-refractivity contribution < 1.29 is 0 Å². The van der Waals surface area contributed by atoms with Gasteiger partial charge in [0, 0.05) is 15.9 Å². The topological polar surface area (TPSA) is 48.8 Å². The van der Waals surface area contributed by atoms with Gasteiger partial charge in [-0.2, -0.15) is 0 Å². The van der Waals surface area contributed by atoms with E-state index in [4.69, 9.17) is 17.1 Å². The summed E-state index contributed by atoms with van der Waals surface area (Å²) < 4.78 is 0.852. The standard InChI is InChI=1S/C9H7BrClN3/c10-8-6-7(3-4-9(8)11)2-1-5-13-14-12/h1-4,6H,5H2. The van der Waals surface area contributed by atoms with Crippen molar-refractivity contribution in [1.82, 2.24) is 0 Å². The molecule has 0 aliphatic carbocycles. The number of hydrogen-bond acceptors (Lipinski definition) is 1. The van der Waals surface area contributed by atoms with Gasteiger partial charge in [0.15, 0.2) is 0 Å². The van der Waals surface area contributed by atoms with Crippen LogP contribution in [0, 0.1) is 0 Å². The van der Waals surface area contributed by atoms with Crippen LogP contribution < -0.4 is 0 Å². The zero-order valence-electron chi connectivity index (χ0n) is 7.19. The second-order valence-electron chi connectivity index (χ2n) is 2.49. The molecule has 0 saturated carbocycles. The third-order valence-electron chi connectivity index (χ3n) is 1.50. The molecule has 0 atom stereocenters. The molecule has 0 radical (unpaired) electrons. The van der Waals surface area contributed by atoms with Gasteiger partial charge in [-0.3, -0.25) is 0 Å². The largest absolute Gasteiger partial charge is 0.0899 e. The average Bonchev–Trinajstić information content (AvgIpc) is 2.18. The molecule has 0 unspecified atom stereocenters. The van der Waals surface area contributed by atoms with E-state index in [-0.39, 0.29) is 0 Å². The molecule has 0 spiro atoms. The first-order valence-electron chi connectivity index (χ1n) is 3.86. The zero-order valence-corrected chi connectivity index (χ0v) is 9.53. The quantitative estimate of drug-likeness (QED) is 0.444. The lowest BCUT2D eigenvalue weighted by molar-refractivity contribution is 1.22.